The van der Waals surface area contributed by atoms with Crippen LogP contribution in [0.1, 0.15) is 90.4 Å². The number of quaternary nitrogens is 1. The van der Waals surface area contributed by atoms with Crippen LogP contribution in [0.15, 0.2) is 48.5 Å². The first-order chi connectivity index (χ1) is 24.5. The quantitative estimate of drug-likeness (QED) is 0.135. The van der Waals surface area contributed by atoms with Crippen LogP contribution >= 0.6 is 0 Å². The first-order valence-corrected chi connectivity index (χ1v) is 16.8. The lowest BCUT2D eigenvalue weighted by atomic mass is 9.84. The zero-order valence-corrected chi connectivity index (χ0v) is 29.3. The molecule has 3 atom stereocenters. The highest BCUT2D eigenvalue weighted by molar-refractivity contribution is 5.98. The third-order valence-corrected chi connectivity index (χ3v) is 8.86. The maximum absolute atomic E-state index is 13.6. The fraction of sp³-hybridized carbons (Fsp3) is 0.395. The molecule has 0 saturated heterocycles. The molecule has 5 N–H and O–H groups in total. The number of carbonyl (C=O) groups is 3. The van der Waals surface area contributed by atoms with Gasteiger partial charge >= 0.3 is 5.97 Å². The van der Waals surface area contributed by atoms with Gasteiger partial charge in [0.1, 0.15) is 28.6 Å². The zero-order chi connectivity index (χ0) is 37.1. The molecule has 0 aliphatic carbocycles. The molecular formula is C38H46N2O11. The highest BCUT2D eigenvalue weighted by Crippen LogP contribution is 2.44. The van der Waals surface area contributed by atoms with E-state index in [1.54, 1.807) is 49.4 Å². The van der Waals surface area contributed by atoms with E-state index in [9.17, 15) is 35.0 Å². The highest BCUT2D eigenvalue weighted by atomic mass is 16.8. The fourth-order valence-electron chi connectivity index (χ4n) is 6.16. The Bertz CT molecular complexity index is 1720. The van der Waals surface area contributed by atoms with Crippen LogP contribution in [0.5, 0.6) is 28.7 Å². The minimum absolute atomic E-state index is 0.00128. The van der Waals surface area contributed by atoms with E-state index < -0.39 is 34.9 Å². The van der Waals surface area contributed by atoms with Gasteiger partial charge in [-0.3, -0.25) is 9.59 Å². The summed E-state index contributed by atoms with van der Waals surface area (Å²) in [6, 6.07) is 11.0. The number of methoxy groups -OCH3 is 3. The highest BCUT2D eigenvalue weighted by Gasteiger charge is 2.31. The maximum atomic E-state index is 13.6. The molecule has 1 aliphatic rings. The molecular weight excluding hydrogens is 660 g/mol. The Morgan fingerprint density at radius 1 is 1.02 bits per heavy atom. The molecule has 0 fully saturated rings. The second-order valence-corrected chi connectivity index (χ2v) is 12.4. The van der Waals surface area contributed by atoms with Gasteiger partial charge in [-0.05, 0) is 74.4 Å². The molecule has 0 radical (unpaired) electrons. The van der Waals surface area contributed by atoms with E-state index in [0.717, 1.165) is 0 Å². The third-order valence-electron chi connectivity index (χ3n) is 8.86. The Kier molecular flexibility index (Phi) is 13.8. The predicted molar refractivity (Wildman–Crippen MR) is 188 cm³/mol. The molecule has 0 saturated carbocycles. The number of Topliss-reactive ketones (excluding diaryl/α,β-unsaturated/α-hetero) is 1. The summed E-state index contributed by atoms with van der Waals surface area (Å²) in [5.74, 6) is -1.73. The summed E-state index contributed by atoms with van der Waals surface area (Å²) >= 11 is 0. The minimum atomic E-state index is -1.16. The van der Waals surface area contributed by atoms with Gasteiger partial charge in [0.05, 0.1) is 27.4 Å². The van der Waals surface area contributed by atoms with E-state index in [4.69, 9.17) is 18.9 Å². The first kappa shape index (κ1) is 38.7. The maximum Gasteiger partial charge on any atom is 0.342 e. The summed E-state index contributed by atoms with van der Waals surface area (Å²) in [4.78, 5) is 39.3. The van der Waals surface area contributed by atoms with Crippen molar-refractivity contribution in [3.8, 4) is 28.7 Å². The number of ketones is 1. The molecule has 0 bridgehead atoms. The Hall–Kier alpha value is -5.11. The molecule has 13 nitrogen and oxygen atoms in total. The number of benzene rings is 3. The molecule has 51 heavy (non-hydrogen) atoms. The average molecular weight is 707 g/mol. The van der Waals surface area contributed by atoms with Gasteiger partial charge in [-0.15, -0.1) is 0 Å². The SMILES string of the molecule is COc1ccc(C(CC(=O)NCCc2cc(OC)c(OC)cc2[NH+]([O-])O)c2c(O)cc3c(c2O)C(=O)OC(C)CCCC(=O)CCCC=C3)cc1. The number of aromatic hydroxyl groups is 2. The lowest BCUT2D eigenvalue weighted by Crippen LogP contribution is -2.99. The molecule has 0 aromatic heterocycles. The number of esters is 1. The molecule has 1 aliphatic heterocycles. The summed E-state index contributed by atoms with van der Waals surface area (Å²) in [7, 11) is 4.35. The van der Waals surface area contributed by atoms with Gasteiger partial charge in [0.2, 0.25) is 5.91 Å². The van der Waals surface area contributed by atoms with Crippen LogP contribution in [-0.2, 0) is 20.7 Å². The summed E-state index contributed by atoms with van der Waals surface area (Å²) in [6.07, 6.45) is 5.75. The molecule has 1 amide bonds. The zero-order valence-electron chi connectivity index (χ0n) is 29.3. The number of amides is 1. The topological polar surface area (TPSA) is 188 Å². The van der Waals surface area contributed by atoms with Crippen molar-refractivity contribution in [1.29, 1.82) is 0 Å². The van der Waals surface area contributed by atoms with E-state index in [1.807, 2.05) is 0 Å². The van der Waals surface area contributed by atoms with Gasteiger partial charge in [0.25, 0.3) is 0 Å². The number of nitrogens with one attached hydrogen (secondary N) is 2. The number of fused-ring (bicyclic) bond motifs is 1. The van der Waals surface area contributed by atoms with Gasteiger partial charge in [0.15, 0.2) is 17.2 Å². The number of phenols is 2. The molecule has 274 valence electrons. The predicted octanol–water partition coefficient (Wildman–Crippen LogP) is 4.89. The van der Waals surface area contributed by atoms with Crippen LogP contribution in [0, 0.1) is 5.21 Å². The normalized spacial score (nSPS) is 16.6. The van der Waals surface area contributed by atoms with Crippen LogP contribution < -0.4 is 24.8 Å². The van der Waals surface area contributed by atoms with Crippen LogP contribution in [-0.4, -0.2) is 67.1 Å². The van der Waals surface area contributed by atoms with E-state index >= 15 is 0 Å². The Balaban J connectivity index is 1.68. The standard InChI is InChI=1S/C38H46N2O11/c1-23-9-8-12-27(41)11-7-5-6-10-26-19-31(42)36(37(44)35(26)38(45)51-23)29(24-13-15-28(48-2)16-14-24)21-34(43)39-18-17-25-20-32(49-3)33(50-4)22-30(25)40(46)47/h6,10,13-16,19-20,22-23,29,40,42,44,46H,5,7-9,11-12,17-18,21H2,1-4H3,(H,39,43). The molecule has 0 spiro atoms. The number of hydrogen-bond donors (Lipinski definition) is 5. The molecule has 3 aromatic rings. The molecule has 3 unspecified atom stereocenters. The number of ether oxygens (including phenoxy) is 4. The van der Waals surface area contributed by atoms with Crippen molar-refractivity contribution in [3.05, 3.63) is 81.6 Å². The van der Waals surface area contributed by atoms with Crippen molar-refractivity contribution in [2.45, 2.75) is 70.3 Å². The monoisotopic (exact) mass is 706 g/mol. The Morgan fingerprint density at radius 2 is 1.71 bits per heavy atom. The van der Waals surface area contributed by atoms with Crippen LogP contribution in [0.25, 0.3) is 6.08 Å². The number of carbonyl (C=O) groups excluding carboxylic acids is 3. The second-order valence-electron chi connectivity index (χ2n) is 12.4. The first-order valence-electron chi connectivity index (χ1n) is 16.8. The second kappa shape index (κ2) is 18.2. The third kappa shape index (κ3) is 10.00. The van der Waals surface area contributed by atoms with Gasteiger partial charge in [-0.25, -0.2) is 10.0 Å². The van der Waals surface area contributed by atoms with E-state index in [1.165, 1.54) is 33.5 Å². The summed E-state index contributed by atoms with van der Waals surface area (Å²) in [5.41, 5.74) is 1.02. The Morgan fingerprint density at radius 3 is 2.37 bits per heavy atom. The number of allylic oxidation sites excluding steroid dienone is 1. The summed E-state index contributed by atoms with van der Waals surface area (Å²) < 4.78 is 21.6. The smallest absolute Gasteiger partial charge is 0.342 e. The van der Waals surface area contributed by atoms with Crippen LogP contribution in [0.3, 0.4) is 0 Å². The number of cyclic esters (lactones) is 1. The number of phenolic OH excluding ortho intramolecular Hbond substituents is 2. The van der Waals surface area contributed by atoms with E-state index in [2.05, 4.69) is 5.32 Å². The lowest BCUT2D eigenvalue weighted by molar-refractivity contribution is -0.991. The molecule has 13 heteroatoms. The molecule has 1 heterocycles. The number of rotatable bonds is 11. The van der Waals surface area contributed by atoms with Crippen molar-refractivity contribution < 1.29 is 54.0 Å². The van der Waals surface area contributed by atoms with Crippen molar-refractivity contribution >= 4 is 29.4 Å². The number of hydrogen-bond acceptors (Lipinski definition) is 11. The van der Waals surface area contributed by atoms with E-state index in [0.29, 0.717) is 61.2 Å². The average Bonchev–Trinajstić information content (AvgIpc) is 3.10. The van der Waals surface area contributed by atoms with Gasteiger partial charge in [-0.2, -0.15) is 5.23 Å². The van der Waals surface area contributed by atoms with E-state index in [-0.39, 0.29) is 59.0 Å². The summed E-state index contributed by atoms with van der Waals surface area (Å²) in [6.45, 7) is 1.78. The fourth-order valence-corrected chi connectivity index (χ4v) is 6.16. The van der Waals surface area contributed by atoms with Crippen molar-refractivity contribution in [3.63, 3.8) is 0 Å². The van der Waals surface area contributed by atoms with Gasteiger partial charge in [0, 0.05) is 48.9 Å². The molecule has 4 rings (SSSR count). The van der Waals surface area contributed by atoms with Crippen molar-refractivity contribution in [1.82, 2.24) is 5.32 Å². The van der Waals surface area contributed by atoms with Crippen molar-refractivity contribution in [2.75, 3.05) is 27.9 Å². The summed E-state index contributed by atoms with van der Waals surface area (Å²) in [5, 5.41) is 46.6. The largest absolute Gasteiger partial charge is 0.595 e. The van der Waals surface area contributed by atoms with Crippen LogP contribution in [0.4, 0.5) is 5.69 Å². The van der Waals surface area contributed by atoms with Gasteiger partial charge < -0.3 is 39.7 Å². The Labute approximate surface area is 296 Å². The lowest BCUT2D eigenvalue weighted by Gasteiger charge is -2.23. The van der Waals surface area contributed by atoms with Gasteiger partial charge in [-0.1, -0.05) is 24.3 Å². The van der Waals surface area contributed by atoms with Crippen molar-refractivity contribution in [2.24, 2.45) is 0 Å². The van der Waals surface area contributed by atoms with Crippen LogP contribution in [0.2, 0.25) is 0 Å². The minimum Gasteiger partial charge on any atom is -0.595 e. The molecule has 3 aromatic carbocycles.